The topological polar surface area (TPSA) is 80.2 Å². The maximum absolute atomic E-state index is 11.9. The first-order valence-corrected chi connectivity index (χ1v) is 7.48. The predicted octanol–water partition coefficient (Wildman–Crippen LogP) is 0.296. The molecule has 7 nitrogen and oxygen atoms in total. The lowest BCUT2D eigenvalue weighted by atomic mass is 10.1. The minimum Gasteiger partial charge on any atom is -0.379 e. The Morgan fingerprint density at radius 1 is 1.52 bits per heavy atom. The van der Waals surface area contributed by atoms with Gasteiger partial charge in [-0.3, -0.25) is 9.59 Å². The number of amides is 2. The minimum atomic E-state index is -0.200. The molecular formula is C14H23N3O4. The Morgan fingerprint density at radius 3 is 3.10 bits per heavy atom. The molecule has 2 amide bonds. The fraction of sp³-hybridized carbons (Fsp3) is 0.786. The largest absolute Gasteiger partial charge is 0.379 e. The van der Waals surface area contributed by atoms with Gasteiger partial charge in [-0.1, -0.05) is 0 Å². The normalized spacial score (nSPS) is 22.3. The molecule has 2 heterocycles. The van der Waals surface area contributed by atoms with Crippen LogP contribution in [-0.4, -0.2) is 62.1 Å². The lowest BCUT2D eigenvalue weighted by molar-refractivity contribution is -0.130. The van der Waals surface area contributed by atoms with Crippen molar-refractivity contribution in [3.63, 3.8) is 0 Å². The summed E-state index contributed by atoms with van der Waals surface area (Å²) in [7, 11) is 1.56. The highest BCUT2D eigenvalue weighted by atomic mass is 16.5. The minimum absolute atomic E-state index is 0.0610. The fourth-order valence-electron chi connectivity index (χ4n) is 2.30. The zero-order valence-corrected chi connectivity index (χ0v) is 12.5. The second-order valence-corrected chi connectivity index (χ2v) is 5.28. The summed E-state index contributed by atoms with van der Waals surface area (Å²) in [5.41, 5.74) is 0.414. The number of rotatable bonds is 7. The molecule has 0 spiro atoms. The van der Waals surface area contributed by atoms with E-state index < -0.39 is 0 Å². The number of hydrogen-bond donors (Lipinski definition) is 1. The average Bonchev–Trinajstić information content (AvgIpc) is 2.98. The van der Waals surface area contributed by atoms with Crippen molar-refractivity contribution in [3.05, 3.63) is 0 Å². The summed E-state index contributed by atoms with van der Waals surface area (Å²) in [6.07, 6.45) is 3.92. The molecule has 2 aliphatic heterocycles. The van der Waals surface area contributed by atoms with E-state index in [-0.39, 0.29) is 17.9 Å². The molecule has 0 aliphatic carbocycles. The Balaban J connectivity index is 1.55. The molecule has 1 N–H and O–H groups in total. The van der Waals surface area contributed by atoms with Gasteiger partial charge >= 0.3 is 0 Å². The van der Waals surface area contributed by atoms with Crippen molar-refractivity contribution in [2.45, 2.75) is 38.2 Å². The monoisotopic (exact) mass is 297 g/mol. The van der Waals surface area contributed by atoms with Crippen molar-refractivity contribution in [2.24, 2.45) is 5.10 Å². The van der Waals surface area contributed by atoms with Crippen molar-refractivity contribution < 1.29 is 19.1 Å². The van der Waals surface area contributed by atoms with Crippen molar-refractivity contribution in [1.82, 2.24) is 10.3 Å². The molecule has 0 radical (unpaired) electrons. The quantitative estimate of drug-likeness (QED) is 0.685. The maximum Gasteiger partial charge on any atom is 0.267 e. The number of hydrazone groups is 1. The third-order valence-corrected chi connectivity index (χ3v) is 3.55. The Bertz CT molecular complexity index is 405. The Hall–Kier alpha value is -1.47. The summed E-state index contributed by atoms with van der Waals surface area (Å²) in [6, 6.07) is 0. The zero-order chi connectivity index (χ0) is 15.1. The van der Waals surface area contributed by atoms with Crippen LogP contribution in [0.1, 0.15) is 32.1 Å². The van der Waals surface area contributed by atoms with E-state index in [0.29, 0.717) is 38.3 Å². The molecule has 1 saturated heterocycles. The van der Waals surface area contributed by atoms with Crippen LogP contribution in [0.5, 0.6) is 0 Å². The molecule has 0 aromatic heterocycles. The molecule has 0 aromatic rings. The van der Waals surface area contributed by atoms with Gasteiger partial charge in [-0.05, 0) is 19.3 Å². The van der Waals surface area contributed by atoms with Crippen molar-refractivity contribution >= 4 is 17.5 Å². The van der Waals surface area contributed by atoms with E-state index in [2.05, 4.69) is 10.4 Å². The van der Waals surface area contributed by atoms with Gasteiger partial charge in [0, 0.05) is 39.6 Å². The molecule has 0 saturated carbocycles. The molecule has 1 atom stereocenters. The highest BCUT2D eigenvalue weighted by molar-refractivity contribution is 6.39. The van der Waals surface area contributed by atoms with E-state index >= 15 is 0 Å². The van der Waals surface area contributed by atoms with E-state index in [1.54, 1.807) is 7.05 Å². The van der Waals surface area contributed by atoms with E-state index in [1.807, 2.05) is 0 Å². The van der Waals surface area contributed by atoms with Gasteiger partial charge in [0.2, 0.25) is 5.91 Å². The zero-order valence-electron chi connectivity index (χ0n) is 12.5. The van der Waals surface area contributed by atoms with Crippen LogP contribution in [0.4, 0.5) is 0 Å². The summed E-state index contributed by atoms with van der Waals surface area (Å²) < 4.78 is 11.0. The molecule has 1 unspecified atom stereocenters. The van der Waals surface area contributed by atoms with Gasteiger partial charge in [-0.25, -0.2) is 5.01 Å². The molecule has 2 aliphatic rings. The third-order valence-electron chi connectivity index (χ3n) is 3.55. The van der Waals surface area contributed by atoms with Gasteiger partial charge in [0.05, 0.1) is 12.7 Å². The third kappa shape index (κ3) is 5.09. The first kappa shape index (κ1) is 15.9. The van der Waals surface area contributed by atoms with Crippen LogP contribution in [-0.2, 0) is 19.1 Å². The molecular weight excluding hydrogens is 274 g/mol. The van der Waals surface area contributed by atoms with Gasteiger partial charge < -0.3 is 14.8 Å². The summed E-state index contributed by atoms with van der Waals surface area (Å²) >= 11 is 0. The maximum atomic E-state index is 11.9. The van der Waals surface area contributed by atoms with Gasteiger partial charge in [0.25, 0.3) is 5.91 Å². The average molecular weight is 297 g/mol. The molecule has 21 heavy (non-hydrogen) atoms. The summed E-state index contributed by atoms with van der Waals surface area (Å²) in [4.78, 5) is 23.1. The standard InChI is InChI=1S/C14H23N3O4/c1-17-13(18)6-5-12(16-17)14(19)15-7-3-8-20-10-11-4-2-9-21-11/h11H,2-10H2,1H3,(H,15,19). The first-order chi connectivity index (χ1) is 10.2. The van der Waals surface area contributed by atoms with Crippen LogP contribution in [0.3, 0.4) is 0 Å². The van der Waals surface area contributed by atoms with Crippen LogP contribution < -0.4 is 5.32 Å². The Labute approximate surface area is 124 Å². The van der Waals surface area contributed by atoms with Crippen LogP contribution in [0.2, 0.25) is 0 Å². The Kier molecular flexibility index (Phi) is 6.13. The summed E-state index contributed by atoms with van der Waals surface area (Å²) in [5.74, 6) is -0.262. The van der Waals surface area contributed by atoms with E-state index in [4.69, 9.17) is 9.47 Å². The molecule has 7 heteroatoms. The van der Waals surface area contributed by atoms with Gasteiger partial charge in [0.1, 0.15) is 5.71 Å². The Morgan fingerprint density at radius 2 is 2.38 bits per heavy atom. The number of carbonyl (C=O) groups excluding carboxylic acids is 2. The predicted molar refractivity (Wildman–Crippen MR) is 76.9 cm³/mol. The highest BCUT2D eigenvalue weighted by Crippen LogP contribution is 2.11. The van der Waals surface area contributed by atoms with E-state index in [1.165, 1.54) is 5.01 Å². The van der Waals surface area contributed by atoms with E-state index in [0.717, 1.165) is 25.9 Å². The van der Waals surface area contributed by atoms with Crippen LogP contribution in [0, 0.1) is 0 Å². The number of nitrogens with one attached hydrogen (secondary N) is 1. The van der Waals surface area contributed by atoms with Crippen molar-refractivity contribution in [3.8, 4) is 0 Å². The van der Waals surface area contributed by atoms with E-state index in [9.17, 15) is 9.59 Å². The molecule has 0 bridgehead atoms. The van der Waals surface area contributed by atoms with Crippen molar-refractivity contribution in [1.29, 1.82) is 0 Å². The molecule has 1 fully saturated rings. The van der Waals surface area contributed by atoms with Gasteiger partial charge in [-0.15, -0.1) is 0 Å². The number of ether oxygens (including phenoxy) is 2. The van der Waals surface area contributed by atoms with Gasteiger partial charge in [0.15, 0.2) is 0 Å². The van der Waals surface area contributed by atoms with Gasteiger partial charge in [-0.2, -0.15) is 5.10 Å². The van der Waals surface area contributed by atoms with Crippen LogP contribution >= 0.6 is 0 Å². The summed E-state index contributed by atoms with van der Waals surface area (Å²) in [6.45, 7) is 2.61. The summed E-state index contributed by atoms with van der Waals surface area (Å²) in [5, 5.41) is 7.99. The second kappa shape index (κ2) is 8.09. The number of carbonyl (C=O) groups is 2. The SMILES string of the molecule is CN1N=C(C(=O)NCCCOCC2CCCO2)CCC1=O. The van der Waals surface area contributed by atoms with Crippen molar-refractivity contribution in [2.75, 3.05) is 33.4 Å². The smallest absolute Gasteiger partial charge is 0.267 e. The van der Waals surface area contributed by atoms with Crippen LogP contribution in [0.15, 0.2) is 5.10 Å². The highest BCUT2D eigenvalue weighted by Gasteiger charge is 2.21. The van der Waals surface area contributed by atoms with Crippen LogP contribution in [0.25, 0.3) is 0 Å². The fourth-order valence-corrected chi connectivity index (χ4v) is 2.30. The molecule has 2 rings (SSSR count). The lowest BCUT2D eigenvalue weighted by Gasteiger charge is -2.18. The second-order valence-electron chi connectivity index (χ2n) is 5.28. The number of hydrogen-bond acceptors (Lipinski definition) is 5. The molecule has 0 aromatic carbocycles. The lowest BCUT2D eigenvalue weighted by Crippen LogP contribution is -2.38. The molecule has 118 valence electrons. The number of nitrogens with zero attached hydrogens (tertiary/aromatic N) is 2. The first-order valence-electron chi connectivity index (χ1n) is 7.48.